The van der Waals surface area contributed by atoms with Crippen molar-refractivity contribution in [3.63, 3.8) is 0 Å². The number of benzene rings is 2. The Kier molecular flexibility index (Phi) is 3.10. The number of imide groups is 1. The Morgan fingerprint density at radius 3 is 2.29 bits per heavy atom. The molecule has 3 aromatic rings. The van der Waals surface area contributed by atoms with Crippen molar-refractivity contribution in [1.82, 2.24) is 0 Å². The zero-order valence-corrected chi connectivity index (χ0v) is 12.9. The highest BCUT2D eigenvalue weighted by molar-refractivity contribution is 7.16. The van der Waals surface area contributed by atoms with Crippen LogP contribution in [0.15, 0.2) is 57.8 Å². The molecule has 6 nitrogen and oxygen atoms in total. The molecule has 2 aromatic carbocycles. The Bertz CT molecular complexity index is 1060. The number of fused-ring (bicyclic) bond motifs is 1. The van der Waals surface area contributed by atoms with Gasteiger partial charge in [0.1, 0.15) is 5.75 Å². The molecule has 2 heterocycles. The molecular weight excluding hydrogens is 330 g/mol. The second-order valence-electron chi connectivity index (χ2n) is 5.17. The van der Waals surface area contributed by atoms with Gasteiger partial charge in [-0.05, 0) is 23.8 Å². The minimum absolute atomic E-state index is 0.0210. The predicted octanol–water partition coefficient (Wildman–Crippen LogP) is 2.66. The van der Waals surface area contributed by atoms with E-state index in [1.807, 2.05) is 0 Å². The normalized spacial score (nSPS) is 14.1. The number of aromatic hydroxyl groups is 1. The molecule has 2 amide bonds. The standard InChI is InChI=1S/C17H9NO5S/c19-11-7-12(16-13(8-11)24-17(22)23-16)9-1-3-10(4-2-9)18-14(20)5-6-15(18)21/h1-8,19H. The number of carbonyl (C=O) groups excluding carboxylic acids is 2. The third kappa shape index (κ3) is 2.22. The first-order valence-corrected chi connectivity index (χ1v) is 7.78. The van der Waals surface area contributed by atoms with Gasteiger partial charge in [-0.25, -0.2) is 9.69 Å². The molecule has 4 rings (SSSR count). The van der Waals surface area contributed by atoms with Gasteiger partial charge in [-0.15, -0.1) is 0 Å². The lowest BCUT2D eigenvalue weighted by molar-refractivity contribution is -0.119. The van der Waals surface area contributed by atoms with E-state index in [0.29, 0.717) is 27.1 Å². The average Bonchev–Trinajstić information content (AvgIpc) is 3.08. The minimum Gasteiger partial charge on any atom is -0.508 e. The van der Waals surface area contributed by atoms with Gasteiger partial charge in [0.2, 0.25) is 0 Å². The van der Waals surface area contributed by atoms with E-state index in [1.165, 1.54) is 24.3 Å². The number of phenols is 1. The van der Waals surface area contributed by atoms with Crippen LogP contribution < -0.4 is 9.84 Å². The van der Waals surface area contributed by atoms with Gasteiger partial charge in [-0.3, -0.25) is 9.59 Å². The fourth-order valence-corrected chi connectivity index (χ4v) is 3.35. The molecule has 0 spiro atoms. The fraction of sp³-hybridized carbons (Fsp3) is 0. The molecule has 1 N–H and O–H groups in total. The van der Waals surface area contributed by atoms with Crippen molar-refractivity contribution in [2.75, 3.05) is 4.90 Å². The van der Waals surface area contributed by atoms with Crippen LogP contribution in [0, 0.1) is 0 Å². The third-order valence-electron chi connectivity index (χ3n) is 3.66. The number of phenolic OH excluding ortho intramolecular Hbond substituents is 1. The predicted molar refractivity (Wildman–Crippen MR) is 89.1 cm³/mol. The summed E-state index contributed by atoms with van der Waals surface area (Å²) in [6.07, 6.45) is 2.43. The number of carbonyl (C=O) groups is 2. The Morgan fingerprint density at radius 2 is 1.62 bits per heavy atom. The van der Waals surface area contributed by atoms with Crippen LogP contribution in [0.4, 0.5) is 5.69 Å². The summed E-state index contributed by atoms with van der Waals surface area (Å²) >= 11 is 0.911. The summed E-state index contributed by atoms with van der Waals surface area (Å²) in [5.41, 5.74) is 2.09. The average molecular weight is 339 g/mol. The van der Waals surface area contributed by atoms with E-state index < -0.39 is 16.8 Å². The van der Waals surface area contributed by atoms with E-state index in [1.54, 1.807) is 24.3 Å². The molecule has 0 saturated carbocycles. The smallest absolute Gasteiger partial charge is 0.396 e. The topological polar surface area (TPSA) is 87.8 Å². The molecular formula is C17H9NO5S. The van der Waals surface area contributed by atoms with Crippen molar-refractivity contribution in [2.24, 2.45) is 0 Å². The van der Waals surface area contributed by atoms with E-state index >= 15 is 0 Å². The molecule has 1 aliphatic rings. The molecule has 0 bridgehead atoms. The first-order chi connectivity index (χ1) is 11.5. The van der Waals surface area contributed by atoms with Crippen LogP contribution in [0.2, 0.25) is 0 Å². The largest absolute Gasteiger partial charge is 0.508 e. The van der Waals surface area contributed by atoms with Crippen LogP contribution >= 0.6 is 11.3 Å². The van der Waals surface area contributed by atoms with E-state index in [4.69, 9.17) is 4.42 Å². The summed E-state index contributed by atoms with van der Waals surface area (Å²) in [7, 11) is 0. The number of anilines is 1. The molecule has 1 aliphatic heterocycles. The third-order valence-corrected chi connectivity index (χ3v) is 4.44. The summed E-state index contributed by atoms with van der Waals surface area (Å²) in [5.74, 6) is -0.764. The van der Waals surface area contributed by atoms with Gasteiger partial charge in [-0.1, -0.05) is 23.5 Å². The Morgan fingerprint density at radius 1 is 0.958 bits per heavy atom. The lowest BCUT2D eigenvalue weighted by Gasteiger charge is -2.14. The number of rotatable bonds is 2. The lowest BCUT2D eigenvalue weighted by atomic mass is 10.0. The Labute approximate surface area is 138 Å². The first-order valence-electron chi connectivity index (χ1n) is 6.96. The van der Waals surface area contributed by atoms with Crippen molar-refractivity contribution < 1.29 is 19.1 Å². The zero-order chi connectivity index (χ0) is 16.8. The monoisotopic (exact) mass is 339 g/mol. The molecule has 0 saturated heterocycles. The molecule has 0 fully saturated rings. The summed E-state index contributed by atoms with van der Waals surface area (Å²) in [5, 5.41) is 9.84. The number of nitrogens with zero attached hydrogens (tertiary/aromatic N) is 1. The van der Waals surface area contributed by atoms with E-state index in [-0.39, 0.29) is 5.75 Å². The molecule has 24 heavy (non-hydrogen) atoms. The van der Waals surface area contributed by atoms with Gasteiger partial charge < -0.3 is 9.52 Å². The zero-order valence-electron chi connectivity index (χ0n) is 12.1. The van der Waals surface area contributed by atoms with Crippen molar-refractivity contribution >= 4 is 39.1 Å². The van der Waals surface area contributed by atoms with Gasteiger partial charge in [0.15, 0.2) is 5.58 Å². The fourth-order valence-electron chi connectivity index (χ4n) is 2.62. The van der Waals surface area contributed by atoms with Gasteiger partial charge in [0, 0.05) is 23.8 Å². The lowest BCUT2D eigenvalue weighted by Crippen LogP contribution is -2.29. The van der Waals surface area contributed by atoms with Crippen LogP contribution in [0.25, 0.3) is 21.4 Å². The molecule has 7 heteroatoms. The molecule has 0 unspecified atom stereocenters. The van der Waals surface area contributed by atoms with Crippen molar-refractivity contribution in [1.29, 1.82) is 0 Å². The summed E-state index contributed by atoms with van der Waals surface area (Å²) < 4.78 is 5.75. The number of hydrogen-bond donors (Lipinski definition) is 1. The number of amides is 2. The van der Waals surface area contributed by atoms with Crippen LogP contribution in [0.1, 0.15) is 0 Å². The second-order valence-corrected chi connectivity index (χ2v) is 6.14. The summed E-state index contributed by atoms with van der Waals surface area (Å²) in [4.78, 5) is 35.5. The van der Waals surface area contributed by atoms with Gasteiger partial charge in [-0.2, -0.15) is 0 Å². The minimum atomic E-state index is -0.451. The maximum atomic E-state index is 11.7. The van der Waals surface area contributed by atoms with Crippen LogP contribution in [-0.4, -0.2) is 16.9 Å². The highest BCUT2D eigenvalue weighted by Gasteiger charge is 2.25. The van der Waals surface area contributed by atoms with Gasteiger partial charge in [0.05, 0.1) is 10.4 Å². The molecule has 0 atom stereocenters. The molecule has 118 valence electrons. The molecule has 1 aromatic heterocycles. The van der Waals surface area contributed by atoms with Crippen LogP contribution in [0.5, 0.6) is 5.75 Å². The van der Waals surface area contributed by atoms with E-state index in [0.717, 1.165) is 16.2 Å². The van der Waals surface area contributed by atoms with Crippen molar-refractivity contribution in [3.8, 4) is 16.9 Å². The summed E-state index contributed by atoms with van der Waals surface area (Å²) in [6, 6.07) is 9.61. The van der Waals surface area contributed by atoms with Crippen LogP contribution in [-0.2, 0) is 9.59 Å². The second kappa shape index (κ2) is 5.17. The maximum Gasteiger partial charge on any atom is 0.396 e. The Balaban J connectivity index is 1.80. The van der Waals surface area contributed by atoms with Crippen molar-refractivity contribution in [3.05, 3.63) is 58.3 Å². The SMILES string of the molecule is O=C1C=CC(=O)N1c1ccc(-c2cc(O)cc3sc(=O)oc23)cc1. The Hall–Kier alpha value is -3.19. The van der Waals surface area contributed by atoms with Gasteiger partial charge in [0.25, 0.3) is 11.8 Å². The van der Waals surface area contributed by atoms with Gasteiger partial charge >= 0.3 is 4.94 Å². The van der Waals surface area contributed by atoms with E-state index in [2.05, 4.69) is 0 Å². The first kappa shape index (κ1) is 14.4. The van der Waals surface area contributed by atoms with Crippen LogP contribution in [0.3, 0.4) is 0 Å². The highest BCUT2D eigenvalue weighted by Crippen LogP contribution is 2.34. The van der Waals surface area contributed by atoms with E-state index in [9.17, 15) is 19.5 Å². The molecule has 0 radical (unpaired) electrons. The quantitative estimate of drug-likeness (QED) is 0.725. The maximum absolute atomic E-state index is 11.7. The molecule has 0 aliphatic carbocycles. The number of hydrogen-bond acceptors (Lipinski definition) is 6. The summed E-state index contributed by atoms with van der Waals surface area (Å²) in [6.45, 7) is 0. The highest BCUT2D eigenvalue weighted by atomic mass is 32.1. The van der Waals surface area contributed by atoms with Crippen molar-refractivity contribution in [2.45, 2.75) is 0 Å².